The third-order valence-electron chi connectivity index (χ3n) is 6.21. The van der Waals surface area contributed by atoms with E-state index < -0.39 is 23.0 Å². The number of nitrogens with zero attached hydrogens (tertiary/aromatic N) is 1. The van der Waals surface area contributed by atoms with Gasteiger partial charge in [-0.15, -0.1) is 0 Å². The number of methoxy groups -OCH3 is 1. The fourth-order valence-corrected chi connectivity index (χ4v) is 4.20. The predicted octanol–water partition coefficient (Wildman–Crippen LogP) is 6.89. The summed E-state index contributed by atoms with van der Waals surface area (Å²) in [6.45, 7) is 5.70. The van der Waals surface area contributed by atoms with E-state index in [-0.39, 0.29) is 12.2 Å². The van der Waals surface area contributed by atoms with Gasteiger partial charge in [0.05, 0.1) is 24.9 Å². The molecular weight excluding hydrogens is 481 g/mol. The standard InChI is InChI=1S/C29H27F3N2O3/c1-17-8-9-21(18(2)12-17)16-34-25(15-24(29(30,31)32)27(33)28(34)35)20-10-11-26(19(3)13-20)37-23-7-5-6-22(14-23)36-4/h5-15H,16,33H2,1-4H3. The van der Waals surface area contributed by atoms with Crippen molar-refractivity contribution in [2.75, 3.05) is 12.8 Å². The number of aryl methyl sites for hydroxylation is 3. The molecule has 0 fully saturated rings. The molecule has 0 aliphatic carbocycles. The normalized spacial score (nSPS) is 11.4. The van der Waals surface area contributed by atoms with Gasteiger partial charge in [-0.25, -0.2) is 0 Å². The van der Waals surface area contributed by atoms with E-state index in [0.29, 0.717) is 28.4 Å². The van der Waals surface area contributed by atoms with Gasteiger partial charge in [0.1, 0.15) is 22.9 Å². The number of aromatic nitrogens is 1. The van der Waals surface area contributed by atoms with E-state index in [9.17, 15) is 18.0 Å². The highest BCUT2D eigenvalue weighted by molar-refractivity contribution is 5.67. The van der Waals surface area contributed by atoms with Crippen LogP contribution in [0.15, 0.2) is 71.5 Å². The summed E-state index contributed by atoms with van der Waals surface area (Å²) in [6.07, 6.45) is -4.78. The van der Waals surface area contributed by atoms with Crippen molar-refractivity contribution in [2.45, 2.75) is 33.5 Å². The fraction of sp³-hybridized carbons (Fsp3) is 0.207. The molecule has 0 saturated heterocycles. The number of pyridine rings is 1. The Hall–Kier alpha value is -4.20. The molecule has 1 aromatic heterocycles. The van der Waals surface area contributed by atoms with Crippen molar-refractivity contribution in [2.24, 2.45) is 0 Å². The number of anilines is 1. The minimum absolute atomic E-state index is 0.0731. The molecule has 2 N–H and O–H groups in total. The van der Waals surface area contributed by atoms with Crippen molar-refractivity contribution >= 4 is 5.69 Å². The summed E-state index contributed by atoms with van der Waals surface area (Å²) in [5, 5.41) is 0. The number of rotatable bonds is 6. The smallest absolute Gasteiger partial charge is 0.418 e. The molecule has 8 heteroatoms. The van der Waals surface area contributed by atoms with Gasteiger partial charge in [-0.1, -0.05) is 29.8 Å². The van der Waals surface area contributed by atoms with Crippen LogP contribution in [0.3, 0.4) is 0 Å². The van der Waals surface area contributed by atoms with Crippen LogP contribution in [0, 0.1) is 20.8 Å². The van der Waals surface area contributed by atoms with Crippen molar-refractivity contribution in [3.8, 4) is 28.5 Å². The SMILES string of the molecule is COc1cccc(Oc2ccc(-c3cc(C(F)(F)F)c(N)c(=O)n3Cc3ccc(C)cc3C)cc2C)c1. The zero-order chi connectivity index (χ0) is 26.9. The molecule has 0 amide bonds. The molecule has 5 nitrogen and oxygen atoms in total. The van der Waals surface area contributed by atoms with Gasteiger partial charge in [0.15, 0.2) is 0 Å². The Labute approximate surface area is 212 Å². The average Bonchev–Trinajstić information content (AvgIpc) is 2.84. The van der Waals surface area contributed by atoms with E-state index in [4.69, 9.17) is 15.2 Å². The third kappa shape index (κ3) is 5.48. The second-order valence-electron chi connectivity index (χ2n) is 8.94. The Morgan fingerprint density at radius 1 is 0.892 bits per heavy atom. The van der Waals surface area contributed by atoms with Gasteiger partial charge in [0, 0.05) is 6.07 Å². The molecule has 0 spiro atoms. The van der Waals surface area contributed by atoms with Gasteiger partial charge in [0.25, 0.3) is 5.56 Å². The van der Waals surface area contributed by atoms with Crippen molar-refractivity contribution in [3.05, 3.63) is 105 Å². The predicted molar refractivity (Wildman–Crippen MR) is 138 cm³/mol. The fourth-order valence-electron chi connectivity index (χ4n) is 4.20. The molecule has 4 aromatic rings. The molecule has 192 valence electrons. The van der Waals surface area contributed by atoms with Crippen molar-refractivity contribution in [1.82, 2.24) is 4.57 Å². The Kier molecular flexibility index (Phi) is 7.03. The maximum atomic E-state index is 13.8. The number of nitrogens with two attached hydrogens (primary N) is 1. The number of hydrogen-bond acceptors (Lipinski definition) is 4. The lowest BCUT2D eigenvalue weighted by molar-refractivity contribution is -0.137. The van der Waals surface area contributed by atoms with Crippen LogP contribution in [-0.4, -0.2) is 11.7 Å². The van der Waals surface area contributed by atoms with Crippen molar-refractivity contribution in [1.29, 1.82) is 0 Å². The van der Waals surface area contributed by atoms with E-state index >= 15 is 0 Å². The molecule has 0 bridgehead atoms. The van der Waals surface area contributed by atoms with Crippen LogP contribution in [-0.2, 0) is 12.7 Å². The van der Waals surface area contributed by atoms with Crippen LogP contribution in [0.1, 0.15) is 27.8 Å². The Morgan fingerprint density at radius 3 is 2.27 bits per heavy atom. The highest BCUT2D eigenvalue weighted by atomic mass is 19.4. The quantitative estimate of drug-likeness (QED) is 0.308. The Balaban J connectivity index is 1.82. The van der Waals surface area contributed by atoms with Gasteiger partial charge in [-0.05, 0) is 79.4 Å². The number of benzene rings is 3. The molecule has 4 rings (SSSR count). The Bertz CT molecular complexity index is 1520. The maximum absolute atomic E-state index is 13.8. The zero-order valence-electron chi connectivity index (χ0n) is 20.9. The van der Waals surface area contributed by atoms with Gasteiger partial charge in [-0.2, -0.15) is 13.2 Å². The first-order valence-electron chi connectivity index (χ1n) is 11.6. The first kappa shape index (κ1) is 25.9. The summed E-state index contributed by atoms with van der Waals surface area (Å²) in [5.74, 6) is 1.70. The lowest BCUT2D eigenvalue weighted by Crippen LogP contribution is -2.29. The molecular formula is C29H27F3N2O3. The van der Waals surface area contributed by atoms with Crippen LogP contribution in [0.5, 0.6) is 17.2 Å². The van der Waals surface area contributed by atoms with Crippen LogP contribution in [0.25, 0.3) is 11.3 Å². The van der Waals surface area contributed by atoms with Gasteiger partial charge < -0.3 is 19.8 Å². The van der Waals surface area contributed by atoms with Crippen molar-refractivity contribution in [3.63, 3.8) is 0 Å². The van der Waals surface area contributed by atoms with E-state index in [1.807, 2.05) is 32.0 Å². The van der Waals surface area contributed by atoms with Crippen LogP contribution in [0.2, 0.25) is 0 Å². The first-order chi connectivity index (χ1) is 17.5. The number of nitrogen functional groups attached to an aromatic ring is 1. The third-order valence-corrected chi connectivity index (χ3v) is 6.21. The number of alkyl halides is 3. The zero-order valence-corrected chi connectivity index (χ0v) is 20.9. The summed E-state index contributed by atoms with van der Waals surface area (Å²) < 4.78 is 53.8. The molecule has 0 saturated carbocycles. The van der Waals surface area contributed by atoms with Gasteiger partial charge in [0.2, 0.25) is 0 Å². The topological polar surface area (TPSA) is 66.5 Å². The summed E-state index contributed by atoms with van der Waals surface area (Å²) >= 11 is 0. The van der Waals surface area contributed by atoms with E-state index in [0.717, 1.165) is 22.8 Å². The summed E-state index contributed by atoms with van der Waals surface area (Å²) in [5.41, 5.74) is 6.85. The molecule has 37 heavy (non-hydrogen) atoms. The van der Waals surface area contributed by atoms with E-state index in [1.54, 1.807) is 56.5 Å². The van der Waals surface area contributed by atoms with Gasteiger partial charge >= 0.3 is 6.18 Å². The number of hydrogen-bond donors (Lipinski definition) is 1. The maximum Gasteiger partial charge on any atom is 0.418 e. The molecule has 0 radical (unpaired) electrons. The second kappa shape index (κ2) is 10.0. The molecule has 0 aliphatic rings. The Morgan fingerprint density at radius 2 is 1.62 bits per heavy atom. The first-order valence-corrected chi connectivity index (χ1v) is 11.6. The second-order valence-corrected chi connectivity index (χ2v) is 8.94. The highest BCUT2D eigenvalue weighted by Gasteiger charge is 2.35. The van der Waals surface area contributed by atoms with Crippen LogP contribution < -0.4 is 20.8 Å². The molecule has 0 atom stereocenters. The van der Waals surface area contributed by atoms with E-state index in [2.05, 4.69) is 0 Å². The van der Waals surface area contributed by atoms with E-state index in [1.165, 1.54) is 4.57 Å². The summed E-state index contributed by atoms with van der Waals surface area (Å²) in [4.78, 5) is 13.2. The lowest BCUT2D eigenvalue weighted by atomic mass is 10.0. The van der Waals surface area contributed by atoms with Gasteiger partial charge in [-0.3, -0.25) is 4.79 Å². The molecule has 0 unspecified atom stereocenters. The summed E-state index contributed by atoms with van der Waals surface area (Å²) in [7, 11) is 1.55. The molecule has 1 heterocycles. The van der Waals surface area contributed by atoms with Crippen molar-refractivity contribution < 1.29 is 22.6 Å². The molecule has 0 aliphatic heterocycles. The number of halogens is 3. The minimum Gasteiger partial charge on any atom is -0.497 e. The van der Waals surface area contributed by atoms with Crippen LogP contribution in [0.4, 0.5) is 18.9 Å². The largest absolute Gasteiger partial charge is 0.497 e. The highest BCUT2D eigenvalue weighted by Crippen LogP contribution is 2.36. The average molecular weight is 509 g/mol. The minimum atomic E-state index is -4.78. The van der Waals surface area contributed by atoms with Crippen LogP contribution >= 0.6 is 0 Å². The lowest BCUT2D eigenvalue weighted by Gasteiger charge is -2.20. The number of ether oxygens (including phenoxy) is 2. The molecule has 3 aromatic carbocycles. The monoisotopic (exact) mass is 508 g/mol. The summed E-state index contributed by atoms with van der Waals surface area (Å²) in [6, 6.07) is 18.7.